The molecule has 0 saturated heterocycles. The van der Waals surface area contributed by atoms with E-state index in [0.717, 1.165) is 34.1 Å². The van der Waals surface area contributed by atoms with Gasteiger partial charge in [-0.15, -0.1) is 0 Å². The van der Waals surface area contributed by atoms with Gasteiger partial charge in [0, 0.05) is 23.1 Å². The van der Waals surface area contributed by atoms with Gasteiger partial charge >= 0.3 is 0 Å². The van der Waals surface area contributed by atoms with Gasteiger partial charge in [0.2, 0.25) is 0 Å². The maximum atomic E-state index is 6.12. The minimum absolute atomic E-state index is 0.103. The van der Waals surface area contributed by atoms with Crippen molar-refractivity contribution in [2.24, 2.45) is 0 Å². The van der Waals surface area contributed by atoms with Gasteiger partial charge in [-0.05, 0) is 29.8 Å². The number of benzene rings is 3. The van der Waals surface area contributed by atoms with Gasteiger partial charge in [-0.2, -0.15) is 0 Å². The normalized spacial score (nSPS) is 15.0. The van der Waals surface area contributed by atoms with Crippen molar-refractivity contribution in [3.8, 4) is 23.0 Å². The molecule has 0 aliphatic carbocycles. The van der Waals surface area contributed by atoms with E-state index in [0.29, 0.717) is 0 Å². The Hall–Kier alpha value is -2.94. The number of methoxy groups -OCH3 is 2. The predicted octanol–water partition coefficient (Wildman–Crippen LogP) is 4.99. The Morgan fingerprint density at radius 1 is 0.708 bits per heavy atom. The molecule has 1 atom stereocenters. The molecule has 3 aromatic rings. The SMILES string of the molecule is COc1cccc(C2c3ccccc3Oc3cc(OC)ccc32)c1. The molecule has 3 nitrogen and oxygen atoms in total. The van der Waals surface area contributed by atoms with E-state index in [1.54, 1.807) is 14.2 Å². The molecule has 24 heavy (non-hydrogen) atoms. The highest BCUT2D eigenvalue weighted by atomic mass is 16.5. The fourth-order valence-electron chi connectivity index (χ4n) is 3.25. The third-order valence-electron chi connectivity index (χ3n) is 4.41. The van der Waals surface area contributed by atoms with Gasteiger partial charge in [-0.25, -0.2) is 0 Å². The Bertz CT molecular complexity index is 886. The van der Waals surface area contributed by atoms with Crippen molar-refractivity contribution in [1.29, 1.82) is 0 Å². The van der Waals surface area contributed by atoms with E-state index in [4.69, 9.17) is 14.2 Å². The molecule has 4 rings (SSSR count). The molecule has 0 amide bonds. The Balaban J connectivity index is 1.92. The van der Waals surface area contributed by atoms with E-state index in [1.165, 1.54) is 5.56 Å². The number of rotatable bonds is 3. The molecule has 3 heteroatoms. The maximum absolute atomic E-state index is 6.12. The van der Waals surface area contributed by atoms with E-state index in [2.05, 4.69) is 24.3 Å². The first-order valence-corrected chi connectivity index (χ1v) is 7.89. The predicted molar refractivity (Wildman–Crippen MR) is 93.4 cm³/mol. The molecule has 0 aromatic heterocycles. The highest BCUT2D eigenvalue weighted by Gasteiger charge is 2.29. The van der Waals surface area contributed by atoms with Gasteiger partial charge < -0.3 is 14.2 Å². The average molecular weight is 318 g/mol. The second-order valence-electron chi connectivity index (χ2n) is 5.75. The zero-order chi connectivity index (χ0) is 16.5. The molecule has 1 heterocycles. The van der Waals surface area contributed by atoms with Crippen molar-refractivity contribution in [2.75, 3.05) is 14.2 Å². The summed E-state index contributed by atoms with van der Waals surface area (Å²) in [7, 11) is 3.36. The first-order chi connectivity index (χ1) is 11.8. The summed E-state index contributed by atoms with van der Waals surface area (Å²) in [6.07, 6.45) is 0. The Morgan fingerprint density at radius 3 is 2.29 bits per heavy atom. The molecule has 1 unspecified atom stereocenters. The lowest BCUT2D eigenvalue weighted by Gasteiger charge is -2.29. The highest BCUT2D eigenvalue weighted by molar-refractivity contribution is 5.60. The van der Waals surface area contributed by atoms with Crippen molar-refractivity contribution in [3.05, 3.63) is 83.4 Å². The van der Waals surface area contributed by atoms with Crippen LogP contribution in [0.2, 0.25) is 0 Å². The quantitative estimate of drug-likeness (QED) is 0.532. The molecule has 1 aliphatic heterocycles. The Labute approximate surface area is 141 Å². The molecular formula is C21H18O3. The molecule has 0 fully saturated rings. The summed E-state index contributed by atoms with van der Waals surface area (Å²) in [5.41, 5.74) is 3.46. The summed E-state index contributed by atoms with van der Waals surface area (Å²) in [4.78, 5) is 0. The molecule has 0 radical (unpaired) electrons. The first kappa shape index (κ1) is 14.6. The summed E-state index contributed by atoms with van der Waals surface area (Å²) < 4.78 is 16.9. The zero-order valence-electron chi connectivity index (χ0n) is 13.7. The first-order valence-electron chi connectivity index (χ1n) is 7.89. The van der Waals surface area contributed by atoms with Crippen LogP contribution >= 0.6 is 0 Å². The van der Waals surface area contributed by atoms with E-state index < -0.39 is 0 Å². The van der Waals surface area contributed by atoms with Crippen LogP contribution in [0.3, 0.4) is 0 Å². The molecule has 3 aromatic carbocycles. The van der Waals surface area contributed by atoms with Gasteiger partial charge in [-0.1, -0.05) is 36.4 Å². The minimum Gasteiger partial charge on any atom is -0.497 e. The van der Waals surface area contributed by atoms with Gasteiger partial charge in [0.05, 0.1) is 14.2 Å². The molecule has 0 saturated carbocycles. The van der Waals surface area contributed by atoms with E-state index in [9.17, 15) is 0 Å². The van der Waals surface area contributed by atoms with Crippen LogP contribution in [0.25, 0.3) is 0 Å². The van der Waals surface area contributed by atoms with Crippen molar-refractivity contribution in [3.63, 3.8) is 0 Å². The van der Waals surface area contributed by atoms with Gasteiger partial charge in [0.15, 0.2) is 0 Å². The molecule has 0 spiro atoms. The van der Waals surface area contributed by atoms with Gasteiger partial charge in [-0.3, -0.25) is 0 Å². The molecule has 0 N–H and O–H groups in total. The van der Waals surface area contributed by atoms with E-state index >= 15 is 0 Å². The van der Waals surface area contributed by atoms with Gasteiger partial charge in [0.25, 0.3) is 0 Å². The van der Waals surface area contributed by atoms with Crippen molar-refractivity contribution in [2.45, 2.75) is 5.92 Å². The van der Waals surface area contributed by atoms with Crippen molar-refractivity contribution in [1.82, 2.24) is 0 Å². The number of hydrogen-bond acceptors (Lipinski definition) is 3. The molecule has 120 valence electrons. The summed E-state index contributed by atoms with van der Waals surface area (Å²) in [5.74, 6) is 3.46. The fraction of sp³-hybridized carbons (Fsp3) is 0.143. The highest BCUT2D eigenvalue weighted by Crippen LogP contribution is 2.48. The number of para-hydroxylation sites is 1. The van der Waals surface area contributed by atoms with Crippen LogP contribution in [0.1, 0.15) is 22.6 Å². The van der Waals surface area contributed by atoms with Crippen molar-refractivity contribution < 1.29 is 14.2 Å². The molecule has 0 bridgehead atoms. The molecule has 1 aliphatic rings. The molecular weight excluding hydrogens is 300 g/mol. The van der Waals surface area contributed by atoms with Crippen LogP contribution in [0.4, 0.5) is 0 Å². The average Bonchev–Trinajstić information content (AvgIpc) is 2.65. The van der Waals surface area contributed by atoms with Crippen LogP contribution in [-0.2, 0) is 0 Å². The summed E-state index contributed by atoms with van der Waals surface area (Å²) >= 11 is 0. The van der Waals surface area contributed by atoms with Crippen molar-refractivity contribution >= 4 is 0 Å². The lowest BCUT2D eigenvalue weighted by Crippen LogP contribution is -2.11. The third kappa shape index (κ3) is 2.38. The third-order valence-corrected chi connectivity index (χ3v) is 4.41. The smallest absolute Gasteiger partial charge is 0.135 e. The number of ether oxygens (including phenoxy) is 3. The fourth-order valence-corrected chi connectivity index (χ4v) is 3.25. The zero-order valence-corrected chi connectivity index (χ0v) is 13.7. The second kappa shape index (κ2) is 5.93. The van der Waals surface area contributed by atoms with E-state index in [-0.39, 0.29) is 5.92 Å². The monoisotopic (exact) mass is 318 g/mol. The largest absolute Gasteiger partial charge is 0.497 e. The number of fused-ring (bicyclic) bond motifs is 2. The van der Waals surface area contributed by atoms with Crippen LogP contribution < -0.4 is 14.2 Å². The lowest BCUT2D eigenvalue weighted by molar-refractivity contribution is 0.404. The van der Waals surface area contributed by atoms with Crippen LogP contribution in [0.15, 0.2) is 66.7 Å². The summed E-state index contributed by atoms with van der Waals surface area (Å²) in [6.45, 7) is 0. The Morgan fingerprint density at radius 2 is 1.46 bits per heavy atom. The lowest BCUT2D eigenvalue weighted by atomic mass is 9.82. The summed E-state index contributed by atoms with van der Waals surface area (Å²) in [5, 5.41) is 0. The Kier molecular flexibility index (Phi) is 3.62. The topological polar surface area (TPSA) is 27.7 Å². The van der Waals surface area contributed by atoms with Crippen LogP contribution in [0, 0.1) is 0 Å². The van der Waals surface area contributed by atoms with Gasteiger partial charge in [0.1, 0.15) is 23.0 Å². The number of hydrogen-bond donors (Lipinski definition) is 0. The second-order valence-corrected chi connectivity index (χ2v) is 5.75. The standard InChI is InChI=1S/C21H18O3/c1-22-15-7-5-6-14(12-15)21-17-8-3-4-9-19(17)24-20-13-16(23-2)10-11-18(20)21/h3-13,21H,1-2H3. The van der Waals surface area contributed by atoms with Crippen LogP contribution in [-0.4, -0.2) is 14.2 Å². The van der Waals surface area contributed by atoms with Crippen LogP contribution in [0.5, 0.6) is 23.0 Å². The summed E-state index contributed by atoms with van der Waals surface area (Å²) in [6, 6.07) is 22.4. The minimum atomic E-state index is 0.103. The van der Waals surface area contributed by atoms with E-state index in [1.807, 2.05) is 42.5 Å². The maximum Gasteiger partial charge on any atom is 0.135 e.